The van der Waals surface area contributed by atoms with Gasteiger partial charge in [0.05, 0.1) is 12.9 Å². The molecule has 0 aromatic carbocycles. The van der Waals surface area contributed by atoms with E-state index in [1.54, 1.807) is 4.57 Å². The molecular weight excluding hydrogens is 266 g/mol. The Bertz CT molecular complexity index is 618. The number of nitrogens with two attached hydrogens (primary N) is 1. The summed E-state index contributed by atoms with van der Waals surface area (Å²) in [6, 6.07) is 0. The Balaban J connectivity index is 2.04. The van der Waals surface area contributed by atoms with Crippen LogP contribution in [0.2, 0.25) is 0 Å². The predicted molar refractivity (Wildman–Crippen MR) is 67.5 cm³/mol. The first-order chi connectivity index (χ1) is 9.67. The molecule has 1 fully saturated rings. The maximum absolute atomic E-state index is 10.0. The third-order valence-electron chi connectivity index (χ3n) is 3.43. The van der Waals surface area contributed by atoms with Gasteiger partial charge in [0.15, 0.2) is 17.7 Å². The van der Waals surface area contributed by atoms with Crippen LogP contribution in [-0.2, 0) is 9.47 Å². The summed E-state index contributed by atoms with van der Waals surface area (Å²) >= 11 is 0. The molecule has 20 heavy (non-hydrogen) atoms. The van der Waals surface area contributed by atoms with E-state index in [-0.39, 0.29) is 12.4 Å². The van der Waals surface area contributed by atoms with E-state index in [0.717, 1.165) is 0 Å². The third kappa shape index (κ3) is 1.83. The van der Waals surface area contributed by atoms with E-state index in [9.17, 15) is 10.2 Å². The fourth-order valence-corrected chi connectivity index (χ4v) is 2.40. The van der Waals surface area contributed by atoms with Gasteiger partial charge in [-0.15, -0.1) is 0 Å². The molecule has 0 saturated carbocycles. The monoisotopic (exact) mass is 281 g/mol. The minimum absolute atomic E-state index is 0.264. The van der Waals surface area contributed by atoms with Crippen molar-refractivity contribution in [2.75, 3.05) is 19.5 Å². The Morgan fingerprint density at radius 1 is 1.45 bits per heavy atom. The van der Waals surface area contributed by atoms with Crippen molar-refractivity contribution in [3.8, 4) is 0 Å². The number of aromatic nitrogens is 4. The minimum atomic E-state index is -0.938. The van der Waals surface area contributed by atoms with E-state index in [0.29, 0.717) is 11.2 Å². The van der Waals surface area contributed by atoms with Gasteiger partial charge in [0.2, 0.25) is 0 Å². The fraction of sp³-hybridized carbons (Fsp3) is 0.545. The van der Waals surface area contributed by atoms with Crippen LogP contribution in [0.4, 0.5) is 5.82 Å². The Morgan fingerprint density at radius 2 is 2.25 bits per heavy atom. The van der Waals surface area contributed by atoms with Crippen LogP contribution >= 0.6 is 0 Å². The molecule has 0 spiro atoms. The van der Waals surface area contributed by atoms with E-state index in [2.05, 4.69) is 15.0 Å². The highest BCUT2D eigenvalue weighted by molar-refractivity contribution is 5.81. The zero-order valence-electron chi connectivity index (χ0n) is 10.7. The lowest BCUT2D eigenvalue weighted by atomic mass is 10.1. The fourth-order valence-electron chi connectivity index (χ4n) is 2.40. The second-order valence-electron chi connectivity index (χ2n) is 4.52. The van der Waals surface area contributed by atoms with Crippen LogP contribution in [0.15, 0.2) is 12.7 Å². The minimum Gasteiger partial charge on any atom is -0.394 e. The highest BCUT2D eigenvalue weighted by Crippen LogP contribution is 2.33. The normalized spacial score (nSPS) is 30.1. The maximum Gasteiger partial charge on any atom is 0.167 e. The van der Waals surface area contributed by atoms with Gasteiger partial charge in [0.1, 0.15) is 30.2 Å². The van der Waals surface area contributed by atoms with Crippen molar-refractivity contribution in [1.29, 1.82) is 0 Å². The molecule has 4 N–H and O–H groups in total. The summed E-state index contributed by atoms with van der Waals surface area (Å²) in [6.07, 6.45) is -0.119. The van der Waals surface area contributed by atoms with Gasteiger partial charge in [-0.1, -0.05) is 0 Å². The molecule has 9 heteroatoms. The van der Waals surface area contributed by atoms with Crippen LogP contribution in [0, 0.1) is 0 Å². The lowest BCUT2D eigenvalue weighted by Crippen LogP contribution is -2.34. The number of aliphatic hydroxyl groups is 2. The lowest BCUT2D eigenvalue weighted by molar-refractivity contribution is -0.0583. The number of aliphatic hydroxyl groups excluding tert-OH is 2. The van der Waals surface area contributed by atoms with Gasteiger partial charge in [-0.05, 0) is 0 Å². The number of rotatable bonds is 3. The van der Waals surface area contributed by atoms with E-state index in [4.69, 9.17) is 15.2 Å². The molecule has 9 nitrogen and oxygen atoms in total. The average molecular weight is 281 g/mol. The number of nitrogens with zero attached hydrogens (tertiary/aromatic N) is 4. The van der Waals surface area contributed by atoms with Crippen molar-refractivity contribution in [3.63, 3.8) is 0 Å². The highest BCUT2D eigenvalue weighted by Gasteiger charge is 2.45. The number of methoxy groups -OCH3 is 1. The molecule has 0 aliphatic carbocycles. The van der Waals surface area contributed by atoms with Crippen molar-refractivity contribution in [1.82, 2.24) is 19.5 Å². The maximum atomic E-state index is 10.0. The number of ether oxygens (including phenoxy) is 2. The number of nitrogen functional groups attached to an aromatic ring is 1. The molecule has 1 aliphatic rings. The Labute approximate surface area is 114 Å². The van der Waals surface area contributed by atoms with Crippen LogP contribution in [0.1, 0.15) is 6.23 Å². The number of hydrogen-bond acceptors (Lipinski definition) is 8. The van der Waals surface area contributed by atoms with Crippen molar-refractivity contribution >= 4 is 17.0 Å². The Kier molecular flexibility index (Phi) is 3.26. The molecule has 108 valence electrons. The molecule has 3 rings (SSSR count). The van der Waals surface area contributed by atoms with Gasteiger partial charge < -0.3 is 25.4 Å². The first-order valence-corrected chi connectivity index (χ1v) is 6.07. The molecule has 2 aromatic heterocycles. The van der Waals surface area contributed by atoms with Crippen LogP contribution in [-0.4, -0.2) is 61.8 Å². The van der Waals surface area contributed by atoms with Crippen molar-refractivity contribution in [2.45, 2.75) is 24.5 Å². The van der Waals surface area contributed by atoms with E-state index in [1.165, 1.54) is 19.8 Å². The molecule has 1 saturated heterocycles. The first kappa shape index (κ1) is 13.2. The van der Waals surface area contributed by atoms with Crippen molar-refractivity contribution < 1.29 is 19.7 Å². The van der Waals surface area contributed by atoms with E-state index in [1.807, 2.05) is 0 Å². The Morgan fingerprint density at radius 3 is 2.95 bits per heavy atom. The van der Waals surface area contributed by atoms with Crippen LogP contribution in [0.25, 0.3) is 11.2 Å². The van der Waals surface area contributed by atoms with Crippen molar-refractivity contribution in [2.24, 2.45) is 0 Å². The largest absolute Gasteiger partial charge is 0.394 e. The van der Waals surface area contributed by atoms with Crippen LogP contribution in [0.5, 0.6) is 0 Å². The van der Waals surface area contributed by atoms with Gasteiger partial charge >= 0.3 is 0 Å². The number of imidazole rings is 1. The van der Waals surface area contributed by atoms with Gasteiger partial charge in [-0.2, -0.15) is 0 Å². The molecule has 1 aliphatic heterocycles. The SMILES string of the molecule is CO[C@H]1[C@@H](O)[C@@H](CO)O[C@@H]1n1cnc2c(N)ncnc21. The van der Waals surface area contributed by atoms with Crippen LogP contribution in [0.3, 0.4) is 0 Å². The predicted octanol–water partition coefficient (Wildman–Crippen LogP) is -1.33. The quantitative estimate of drug-likeness (QED) is 0.631. The van der Waals surface area contributed by atoms with Gasteiger partial charge in [0.25, 0.3) is 0 Å². The highest BCUT2D eigenvalue weighted by atomic mass is 16.6. The van der Waals surface area contributed by atoms with Gasteiger partial charge in [-0.3, -0.25) is 4.57 Å². The first-order valence-electron chi connectivity index (χ1n) is 6.07. The molecule has 0 amide bonds. The molecule has 3 heterocycles. The van der Waals surface area contributed by atoms with Gasteiger partial charge in [0, 0.05) is 7.11 Å². The average Bonchev–Trinajstić information content (AvgIpc) is 3.00. The summed E-state index contributed by atoms with van der Waals surface area (Å²) in [5.74, 6) is 0.264. The third-order valence-corrected chi connectivity index (χ3v) is 3.43. The molecule has 0 unspecified atom stereocenters. The molecule has 2 aromatic rings. The lowest BCUT2D eigenvalue weighted by Gasteiger charge is -2.19. The second kappa shape index (κ2) is 4.94. The zero-order chi connectivity index (χ0) is 14.3. The Hall–Kier alpha value is -1.81. The number of hydrogen-bond donors (Lipinski definition) is 3. The smallest absolute Gasteiger partial charge is 0.167 e. The zero-order valence-corrected chi connectivity index (χ0v) is 10.7. The number of anilines is 1. The molecule has 0 radical (unpaired) electrons. The molecular formula is C11H15N5O4. The summed E-state index contributed by atoms with van der Waals surface area (Å²) in [7, 11) is 1.46. The van der Waals surface area contributed by atoms with E-state index >= 15 is 0 Å². The van der Waals surface area contributed by atoms with Crippen LogP contribution < -0.4 is 5.73 Å². The number of fused-ring (bicyclic) bond motifs is 1. The molecule has 4 atom stereocenters. The van der Waals surface area contributed by atoms with E-state index < -0.39 is 24.5 Å². The summed E-state index contributed by atoms with van der Waals surface area (Å²) in [4.78, 5) is 12.1. The summed E-state index contributed by atoms with van der Waals surface area (Å²) in [6.45, 7) is -0.304. The second-order valence-corrected chi connectivity index (χ2v) is 4.52. The summed E-state index contributed by atoms with van der Waals surface area (Å²) in [5.41, 5.74) is 6.66. The standard InChI is InChI=1S/C11H15N5O4/c1-19-8-7(18)5(2-17)20-11(8)16-4-15-6-9(12)13-3-14-10(6)16/h3-5,7-8,11,17-18H,2H2,1H3,(H2,12,13,14)/t5-,7+,8+,11+/m1/s1. The summed E-state index contributed by atoms with van der Waals surface area (Å²) in [5, 5.41) is 19.3. The van der Waals surface area contributed by atoms with Gasteiger partial charge in [-0.25, -0.2) is 15.0 Å². The molecule has 0 bridgehead atoms. The summed E-state index contributed by atoms with van der Waals surface area (Å²) < 4.78 is 12.5. The van der Waals surface area contributed by atoms with Crippen molar-refractivity contribution in [3.05, 3.63) is 12.7 Å². The topological polar surface area (TPSA) is 129 Å².